The maximum Gasteiger partial charge on any atom is 0.0109 e. The molecular weight excluding hydrogens is 134 g/mol. The van der Waals surface area contributed by atoms with Crippen LogP contribution in [0.25, 0.3) is 0 Å². The predicted octanol–water partition coefficient (Wildman–Crippen LogP) is 2.64. The van der Waals surface area contributed by atoms with E-state index in [1.807, 2.05) is 0 Å². The van der Waals surface area contributed by atoms with E-state index in [9.17, 15) is 0 Å². The van der Waals surface area contributed by atoms with Crippen molar-refractivity contribution in [2.75, 3.05) is 6.54 Å². The van der Waals surface area contributed by atoms with Gasteiger partial charge in [-0.15, -0.1) is 0 Å². The van der Waals surface area contributed by atoms with E-state index >= 15 is 0 Å². The molecule has 0 aliphatic heterocycles. The van der Waals surface area contributed by atoms with Crippen LogP contribution < -0.4 is 5.73 Å². The van der Waals surface area contributed by atoms with Gasteiger partial charge in [0.2, 0.25) is 0 Å². The molecule has 0 saturated carbocycles. The lowest BCUT2D eigenvalue weighted by atomic mass is 10.1. The van der Waals surface area contributed by atoms with Crippen LogP contribution in [0.5, 0.6) is 0 Å². The third-order valence-electron chi connectivity index (χ3n) is 1.56. The van der Waals surface area contributed by atoms with Crippen LogP contribution in [-0.2, 0) is 0 Å². The number of nitrogens with two attached hydrogens (primary N) is 1. The van der Waals surface area contributed by atoms with Gasteiger partial charge < -0.3 is 5.73 Å². The lowest BCUT2D eigenvalue weighted by molar-refractivity contribution is 0.956. The van der Waals surface area contributed by atoms with E-state index in [1.54, 1.807) is 0 Å². The van der Waals surface area contributed by atoms with Crippen molar-refractivity contribution in [3.8, 4) is 0 Å². The molecule has 0 radical (unpaired) electrons. The van der Waals surface area contributed by atoms with Crippen molar-refractivity contribution in [2.45, 2.75) is 33.6 Å². The zero-order valence-electron chi connectivity index (χ0n) is 7.85. The van der Waals surface area contributed by atoms with Gasteiger partial charge in [0, 0.05) is 6.54 Å². The molecule has 0 aromatic carbocycles. The van der Waals surface area contributed by atoms with Gasteiger partial charge in [0.25, 0.3) is 0 Å². The zero-order chi connectivity index (χ0) is 8.69. The van der Waals surface area contributed by atoms with Crippen molar-refractivity contribution in [1.29, 1.82) is 0 Å². The van der Waals surface area contributed by atoms with Crippen LogP contribution in [0.1, 0.15) is 33.6 Å². The monoisotopic (exact) mass is 153 g/mol. The summed E-state index contributed by atoms with van der Waals surface area (Å²) in [7, 11) is 0. The highest BCUT2D eigenvalue weighted by Crippen LogP contribution is 2.05. The summed E-state index contributed by atoms with van der Waals surface area (Å²) in [5, 5.41) is 0. The molecule has 1 heteroatoms. The van der Waals surface area contributed by atoms with Gasteiger partial charge in [-0.2, -0.15) is 0 Å². The Labute approximate surface area is 70.0 Å². The van der Waals surface area contributed by atoms with E-state index in [0.29, 0.717) is 6.54 Å². The number of hydrogen-bond donors (Lipinski definition) is 1. The van der Waals surface area contributed by atoms with E-state index in [0.717, 1.165) is 12.8 Å². The van der Waals surface area contributed by atoms with E-state index in [-0.39, 0.29) is 0 Å². The smallest absolute Gasteiger partial charge is 0.0109 e. The minimum Gasteiger partial charge on any atom is -0.327 e. The average Bonchev–Trinajstić information content (AvgIpc) is 1.87. The summed E-state index contributed by atoms with van der Waals surface area (Å²) in [6.07, 6.45) is 6.62. The second-order valence-electron chi connectivity index (χ2n) is 3.11. The molecule has 0 aromatic heterocycles. The van der Waals surface area contributed by atoms with Crippen molar-refractivity contribution in [2.24, 2.45) is 5.73 Å². The summed E-state index contributed by atoms with van der Waals surface area (Å²) in [5.41, 5.74) is 8.16. The molecule has 0 aliphatic carbocycles. The molecule has 0 heterocycles. The number of rotatable bonds is 4. The standard InChI is InChI=1S/C10H19N/c1-9(2)5-4-6-10(3)7-8-11/h5,7H,4,6,8,11H2,1-3H3. The van der Waals surface area contributed by atoms with Gasteiger partial charge in [0.15, 0.2) is 0 Å². The van der Waals surface area contributed by atoms with Gasteiger partial charge in [-0.1, -0.05) is 23.3 Å². The second-order valence-corrected chi connectivity index (χ2v) is 3.11. The molecule has 64 valence electrons. The third-order valence-corrected chi connectivity index (χ3v) is 1.56. The lowest BCUT2D eigenvalue weighted by Crippen LogP contribution is -1.94. The molecule has 0 fully saturated rings. The molecular formula is C10H19N. The van der Waals surface area contributed by atoms with Crippen LogP contribution in [0.3, 0.4) is 0 Å². The van der Waals surface area contributed by atoms with Gasteiger partial charge in [0.05, 0.1) is 0 Å². The Morgan fingerprint density at radius 1 is 1.18 bits per heavy atom. The van der Waals surface area contributed by atoms with Crippen LogP contribution in [0.4, 0.5) is 0 Å². The molecule has 0 aliphatic rings. The summed E-state index contributed by atoms with van der Waals surface area (Å²) < 4.78 is 0. The summed E-state index contributed by atoms with van der Waals surface area (Å²) in [6, 6.07) is 0. The van der Waals surface area contributed by atoms with Crippen LogP contribution in [0.15, 0.2) is 23.3 Å². The highest BCUT2D eigenvalue weighted by molar-refractivity contribution is 5.02. The Balaban J connectivity index is 3.54. The minimum atomic E-state index is 0.667. The maximum absolute atomic E-state index is 5.37. The summed E-state index contributed by atoms with van der Waals surface area (Å²) in [5.74, 6) is 0. The summed E-state index contributed by atoms with van der Waals surface area (Å²) in [6.45, 7) is 7.05. The van der Waals surface area contributed by atoms with Gasteiger partial charge in [-0.05, 0) is 33.6 Å². The van der Waals surface area contributed by atoms with Crippen LogP contribution in [-0.4, -0.2) is 6.54 Å². The first kappa shape index (κ1) is 10.4. The van der Waals surface area contributed by atoms with E-state index in [1.165, 1.54) is 11.1 Å². The summed E-state index contributed by atoms with van der Waals surface area (Å²) >= 11 is 0. The first-order valence-electron chi connectivity index (χ1n) is 4.16. The molecule has 11 heavy (non-hydrogen) atoms. The topological polar surface area (TPSA) is 26.0 Å². The molecule has 0 unspecified atom stereocenters. The molecule has 0 bridgehead atoms. The van der Waals surface area contributed by atoms with E-state index in [4.69, 9.17) is 5.73 Å². The molecule has 0 aromatic rings. The predicted molar refractivity (Wildman–Crippen MR) is 51.5 cm³/mol. The van der Waals surface area contributed by atoms with Crippen LogP contribution >= 0.6 is 0 Å². The maximum atomic E-state index is 5.37. The molecule has 0 atom stereocenters. The van der Waals surface area contributed by atoms with Gasteiger partial charge in [-0.3, -0.25) is 0 Å². The molecule has 2 N–H and O–H groups in total. The van der Waals surface area contributed by atoms with Gasteiger partial charge >= 0.3 is 0 Å². The fourth-order valence-electron chi connectivity index (χ4n) is 0.892. The van der Waals surface area contributed by atoms with Gasteiger partial charge in [0.1, 0.15) is 0 Å². The van der Waals surface area contributed by atoms with Crippen molar-refractivity contribution in [1.82, 2.24) is 0 Å². The van der Waals surface area contributed by atoms with Crippen molar-refractivity contribution < 1.29 is 0 Å². The van der Waals surface area contributed by atoms with Gasteiger partial charge in [-0.25, -0.2) is 0 Å². The first-order chi connectivity index (χ1) is 5.16. The van der Waals surface area contributed by atoms with Crippen LogP contribution in [0.2, 0.25) is 0 Å². The number of hydrogen-bond acceptors (Lipinski definition) is 1. The second kappa shape index (κ2) is 6.17. The highest BCUT2D eigenvalue weighted by Gasteiger charge is 1.86. The third kappa shape index (κ3) is 7.34. The zero-order valence-corrected chi connectivity index (χ0v) is 7.85. The van der Waals surface area contributed by atoms with E-state index in [2.05, 4.69) is 32.9 Å². The Morgan fingerprint density at radius 3 is 2.27 bits per heavy atom. The first-order valence-corrected chi connectivity index (χ1v) is 4.16. The van der Waals surface area contributed by atoms with E-state index < -0.39 is 0 Å². The number of allylic oxidation sites excluding steroid dienone is 3. The fourth-order valence-corrected chi connectivity index (χ4v) is 0.892. The molecule has 0 saturated heterocycles. The van der Waals surface area contributed by atoms with Crippen molar-refractivity contribution in [3.63, 3.8) is 0 Å². The van der Waals surface area contributed by atoms with Crippen molar-refractivity contribution >= 4 is 0 Å². The Bertz CT molecular complexity index is 150. The average molecular weight is 153 g/mol. The normalized spacial score (nSPS) is 11.5. The Hall–Kier alpha value is -0.560. The largest absolute Gasteiger partial charge is 0.327 e. The van der Waals surface area contributed by atoms with Crippen molar-refractivity contribution in [3.05, 3.63) is 23.3 Å². The quantitative estimate of drug-likeness (QED) is 0.617. The van der Waals surface area contributed by atoms with Crippen LogP contribution in [0, 0.1) is 0 Å². The molecule has 1 nitrogen and oxygen atoms in total. The molecule has 0 spiro atoms. The SMILES string of the molecule is CC(C)=CCCC(C)=CCN. The highest BCUT2D eigenvalue weighted by atomic mass is 14.5. The fraction of sp³-hybridized carbons (Fsp3) is 0.600. The minimum absolute atomic E-state index is 0.667. The lowest BCUT2D eigenvalue weighted by Gasteiger charge is -1.96. The summed E-state index contributed by atoms with van der Waals surface area (Å²) in [4.78, 5) is 0. The molecule has 0 amide bonds. The molecule has 0 rings (SSSR count). The Morgan fingerprint density at radius 2 is 1.82 bits per heavy atom. The Kier molecular flexibility index (Phi) is 5.86.